The SMILES string of the molecule is CC(C)c1cccc(C(C)C)c1-c1ccc2c(c1)-c1cc(-c3c(C(C)C)cccc3C(C)C)ccc1C2(c1ccccn1)c1cccc(-c2ccccc2)n1. The molecule has 2 heterocycles. The molecule has 0 unspecified atom stereocenters. The number of hydrogen-bond acceptors (Lipinski definition) is 2. The molecule has 2 aromatic heterocycles. The maximum atomic E-state index is 5.54. The van der Waals surface area contributed by atoms with Gasteiger partial charge in [0.2, 0.25) is 0 Å². The zero-order valence-corrected chi connectivity index (χ0v) is 33.6. The average Bonchev–Trinajstić information content (AvgIpc) is 3.50. The van der Waals surface area contributed by atoms with Crippen molar-refractivity contribution in [2.45, 2.75) is 84.5 Å². The Labute approximate surface area is 328 Å². The first-order valence-corrected chi connectivity index (χ1v) is 20.1. The molecule has 0 saturated carbocycles. The Morgan fingerprint density at radius 1 is 0.400 bits per heavy atom. The van der Waals surface area contributed by atoms with Crippen molar-refractivity contribution in [3.8, 4) is 44.6 Å². The second-order valence-corrected chi connectivity index (χ2v) is 16.5. The van der Waals surface area contributed by atoms with Crippen LogP contribution in [0.4, 0.5) is 0 Å². The largest absolute Gasteiger partial charge is 0.260 e. The van der Waals surface area contributed by atoms with E-state index in [2.05, 4.69) is 189 Å². The van der Waals surface area contributed by atoms with Crippen LogP contribution in [0.5, 0.6) is 0 Å². The second kappa shape index (κ2) is 14.6. The molecule has 0 bridgehead atoms. The molecule has 55 heavy (non-hydrogen) atoms. The summed E-state index contributed by atoms with van der Waals surface area (Å²) in [5.41, 5.74) is 19.0. The summed E-state index contributed by atoms with van der Waals surface area (Å²) in [6, 6.07) is 51.5. The van der Waals surface area contributed by atoms with E-state index in [1.165, 1.54) is 66.8 Å². The molecule has 0 spiro atoms. The van der Waals surface area contributed by atoms with Gasteiger partial charge in [-0.05, 0) is 127 Å². The van der Waals surface area contributed by atoms with Gasteiger partial charge in [-0.1, -0.05) is 159 Å². The molecule has 274 valence electrons. The van der Waals surface area contributed by atoms with Crippen molar-refractivity contribution in [1.82, 2.24) is 9.97 Å². The highest BCUT2D eigenvalue weighted by Crippen LogP contribution is 2.57. The van der Waals surface area contributed by atoms with Crippen LogP contribution in [0, 0.1) is 0 Å². The lowest BCUT2D eigenvalue weighted by atomic mass is 9.71. The van der Waals surface area contributed by atoms with Crippen molar-refractivity contribution in [2.75, 3.05) is 0 Å². The van der Waals surface area contributed by atoms with Gasteiger partial charge in [-0.25, -0.2) is 0 Å². The van der Waals surface area contributed by atoms with E-state index >= 15 is 0 Å². The average molecular weight is 717 g/mol. The molecule has 5 aromatic carbocycles. The zero-order valence-electron chi connectivity index (χ0n) is 33.6. The summed E-state index contributed by atoms with van der Waals surface area (Å²) in [5.74, 6) is 1.56. The number of nitrogens with zero attached hydrogens (tertiary/aromatic N) is 2. The monoisotopic (exact) mass is 716 g/mol. The van der Waals surface area contributed by atoms with E-state index in [4.69, 9.17) is 9.97 Å². The number of fused-ring (bicyclic) bond motifs is 3. The molecule has 0 fully saturated rings. The van der Waals surface area contributed by atoms with Crippen LogP contribution in [0.25, 0.3) is 44.6 Å². The molecule has 7 aromatic rings. The van der Waals surface area contributed by atoms with E-state index in [9.17, 15) is 0 Å². The molecule has 0 saturated heterocycles. The second-order valence-electron chi connectivity index (χ2n) is 16.5. The molecule has 0 atom stereocenters. The molecule has 2 heteroatoms. The van der Waals surface area contributed by atoms with Gasteiger partial charge >= 0.3 is 0 Å². The summed E-state index contributed by atoms with van der Waals surface area (Å²) in [6.07, 6.45) is 1.93. The molecule has 0 amide bonds. The standard InChI is InChI=1S/C53H52N2/c1-33(2)40-19-14-20-41(34(3)4)51(40)38-26-28-46-44(31-38)45-32-39(52-42(35(5)6)21-15-22-43(52)36(7)8)27-29-47(45)53(46,49-24-12-13-30-54-49)50-25-16-23-48(55-50)37-17-10-9-11-18-37/h9-36H,1-8H3. The van der Waals surface area contributed by atoms with E-state index in [0.717, 1.165) is 22.6 Å². The van der Waals surface area contributed by atoms with Gasteiger partial charge < -0.3 is 0 Å². The third-order valence-corrected chi connectivity index (χ3v) is 11.7. The third kappa shape index (κ3) is 6.13. The lowest BCUT2D eigenvalue weighted by Crippen LogP contribution is -2.31. The first-order chi connectivity index (χ1) is 26.6. The fraction of sp³-hybridized carbons (Fsp3) is 0.245. The summed E-state index contributed by atoms with van der Waals surface area (Å²) >= 11 is 0. The Morgan fingerprint density at radius 2 is 0.855 bits per heavy atom. The van der Waals surface area contributed by atoms with Crippen LogP contribution in [0.1, 0.15) is 124 Å². The highest BCUT2D eigenvalue weighted by molar-refractivity contribution is 5.92. The van der Waals surface area contributed by atoms with Crippen LogP contribution < -0.4 is 0 Å². The van der Waals surface area contributed by atoms with Gasteiger partial charge in [0.1, 0.15) is 5.41 Å². The number of aromatic nitrogens is 2. The van der Waals surface area contributed by atoms with Gasteiger partial charge in [-0.3, -0.25) is 9.97 Å². The highest BCUT2D eigenvalue weighted by atomic mass is 14.8. The fourth-order valence-electron chi connectivity index (χ4n) is 9.09. The van der Waals surface area contributed by atoms with E-state index in [0.29, 0.717) is 23.7 Å². The first-order valence-electron chi connectivity index (χ1n) is 20.1. The van der Waals surface area contributed by atoms with Crippen molar-refractivity contribution in [2.24, 2.45) is 0 Å². The van der Waals surface area contributed by atoms with Gasteiger partial charge in [0, 0.05) is 11.8 Å². The molecule has 1 aliphatic rings. The maximum Gasteiger partial charge on any atom is 0.106 e. The normalized spacial score (nSPS) is 13.2. The lowest BCUT2D eigenvalue weighted by molar-refractivity contribution is 0.707. The predicted molar refractivity (Wildman–Crippen MR) is 232 cm³/mol. The number of pyridine rings is 2. The van der Waals surface area contributed by atoms with Crippen LogP contribution >= 0.6 is 0 Å². The Balaban J connectivity index is 1.49. The molecule has 0 radical (unpaired) electrons. The highest BCUT2D eigenvalue weighted by Gasteiger charge is 2.49. The summed E-state index contributed by atoms with van der Waals surface area (Å²) in [4.78, 5) is 10.7. The molecule has 1 aliphatic carbocycles. The van der Waals surface area contributed by atoms with E-state index in [-0.39, 0.29) is 0 Å². The van der Waals surface area contributed by atoms with Gasteiger partial charge in [-0.2, -0.15) is 0 Å². The minimum atomic E-state index is -0.731. The predicted octanol–water partition coefficient (Wildman–Crippen LogP) is 14.3. The summed E-state index contributed by atoms with van der Waals surface area (Å²) in [5, 5.41) is 0. The Kier molecular flexibility index (Phi) is 9.64. The lowest BCUT2D eigenvalue weighted by Gasteiger charge is -2.32. The Bertz CT molecular complexity index is 2320. The molecule has 0 N–H and O–H groups in total. The van der Waals surface area contributed by atoms with Gasteiger partial charge in [0.15, 0.2) is 0 Å². The van der Waals surface area contributed by atoms with Crippen LogP contribution in [-0.2, 0) is 5.41 Å². The number of benzene rings is 5. The molecule has 2 nitrogen and oxygen atoms in total. The van der Waals surface area contributed by atoms with Crippen molar-refractivity contribution < 1.29 is 0 Å². The summed E-state index contributed by atoms with van der Waals surface area (Å²) in [7, 11) is 0. The van der Waals surface area contributed by atoms with Crippen LogP contribution in [0.15, 0.2) is 146 Å². The maximum absolute atomic E-state index is 5.54. The quantitative estimate of drug-likeness (QED) is 0.149. The molecular formula is C53H52N2. The van der Waals surface area contributed by atoms with E-state index in [1.54, 1.807) is 0 Å². The fourth-order valence-corrected chi connectivity index (χ4v) is 9.09. The summed E-state index contributed by atoms with van der Waals surface area (Å²) in [6.45, 7) is 18.5. The van der Waals surface area contributed by atoms with Gasteiger partial charge in [0.25, 0.3) is 0 Å². The van der Waals surface area contributed by atoms with Crippen LogP contribution in [-0.4, -0.2) is 9.97 Å². The van der Waals surface area contributed by atoms with Crippen molar-refractivity contribution in [3.05, 3.63) is 190 Å². The minimum absolute atomic E-state index is 0.389. The Morgan fingerprint density at radius 3 is 1.31 bits per heavy atom. The minimum Gasteiger partial charge on any atom is -0.260 e. The van der Waals surface area contributed by atoms with E-state index in [1.807, 2.05) is 12.3 Å². The number of hydrogen-bond donors (Lipinski definition) is 0. The first kappa shape index (κ1) is 36.4. The smallest absolute Gasteiger partial charge is 0.106 e. The Hall–Kier alpha value is -5.60. The zero-order chi connectivity index (χ0) is 38.4. The van der Waals surface area contributed by atoms with Crippen LogP contribution in [0.2, 0.25) is 0 Å². The molecular weight excluding hydrogens is 665 g/mol. The number of rotatable bonds is 9. The van der Waals surface area contributed by atoms with E-state index < -0.39 is 5.41 Å². The van der Waals surface area contributed by atoms with Crippen molar-refractivity contribution in [1.29, 1.82) is 0 Å². The van der Waals surface area contributed by atoms with Gasteiger partial charge in [-0.15, -0.1) is 0 Å². The van der Waals surface area contributed by atoms with Crippen molar-refractivity contribution >= 4 is 0 Å². The van der Waals surface area contributed by atoms with Crippen LogP contribution in [0.3, 0.4) is 0 Å². The third-order valence-electron chi connectivity index (χ3n) is 11.7. The van der Waals surface area contributed by atoms with Gasteiger partial charge in [0.05, 0.1) is 17.1 Å². The molecule has 0 aliphatic heterocycles. The molecule has 8 rings (SSSR count). The summed E-state index contributed by atoms with van der Waals surface area (Å²) < 4.78 is 0. The topological polar surface area (TPSA) is 25.8 Å². The van der Waals surface area contributed by atoms with Crippen molar-refractivity contribution in [3.63, 3.8) is 0 Å².